The standard InChI is InChI=1S/C21H26ClN3O2/c22-16-4-1-3-15(13-16)21-5-2-12-24(21)18(27)25(14-21)20-9-6-19(7-10-20,8-11-20)17(23)26/h1,3-4,13H,2,5-12,14H2,(H2,23,26)/t19?,20?,21-/m1/s1. The maximum Gasteiger partial charge on any atom is 0.321 e. The van der Waals surface area contributed by atoms with E-state index in [1.54, 1.807) is 0 Å². The monoisotopic (exact) mass is 387 g/mol. The molecular formula is C21H26ClN3O2. The molecule has 27 heavy (non-hydrogen) atoms. The minimum absolute atomic E-state index is 0.107. The van der Waals surface area contributed by atoms with Crippen LogP contribution in [-0.4, -0.2) is 40.4 Å². The Labute approximate surface area is 164 Å². The number of nitrogens with two attached hydrogens (primary N) is 1. The Bertz CT molecular complexity index is 801. The van der Waals surface area contributed by atoms with Gasteiger partial charge in [0.1, 0.15) is 0 Å². The molecule has 1 aromatic rings. The van der Waals surface area contributed by atoms with Crippen molar-refractivity contribution in [3.8, 4) is 0 Å². The number of carbonyl (C=O) groups excluding carboxylic acids is 2. The first kappa shape index (κ1) is 17.4. The highest BCUT2D eigenvalue weighted by atomic mass is 35.5. The predicted octanol–water partition coefficient (Wildman–Crippen LogP) is 3.65. The Morgan fingerprint density at radius 2 is 1.74 bits per heavy atom. The molecule has 3 aliphatic carbocycles. The van der Waals surface area contributed by atoms with Crippen LogP contribution in [0.15, 0.2) is 24.3 Å². The first-order chi connectivity index (χ1) is 12.9. The molecule has 2 bridgehead atoms. The van der Waals surface area contributed by atoms with Crippen LogP contribution in [0.25, 0.3) is 0 Å². The number of fused-ring (bicyclic) bond motifs is 4. The van der Waals surface area contributed by atoms with Crippen molar-refractivity contribution in [3.63, 3.8) is 0 Å². The summed E-state index contributed by atoms with van der Waals surface area (Å²) in [7, 11) is 0. The van der Waals surface area contributed by atoms with Crippen molar-refractivity contribution in [2.75, 3.05) is 13.1 Å². The van der Waals surface area contributed by atoms with E-state index in [0.717, 1.165) is 75.0 Å². The molecule has 1 atom stereocenters. The third-order valence-corrected chi connectivity index (χ3v) is 8.27. The van der Waals surface area contributed by atoms with Crippen LogP contribution < -0.4 is 5.73 Å². The van der Waals surface area contributed by atoms with Crippen LogP contribution in [0.5, 0.6) is 0 Å². The third-order valence-electron chi connectivity index (χ3n) is 8.03. The summed E-state index contributed by atoms with van der Waals surface area (Å²) >= 11 is 6.28. The lowest BCUT2D eigenvalue weighted by atomic mass is 9.56. The van der Waals surface area contributed by atoms with Crippen molar-refractivity contribution in [2.45, 2.75) is 62.4 Å². The summed E-state index contributed by atoms with van der Waals surface area (Å²) in [5.41, 5.74) is 6.17. The number of urea groups is 1. The summed E-state index contributed by atoms with van der Waals surface area (Å²) in [6.45, 7) is 1.54. The number of nitrogens with zero attached hydrogens (tertiary/aromatic N) is 2. The number of amides is 3. The summed E-state index contributed by atoms with van der Waals surface area (Å²) in [4.78, 5) is 29.7. The molecule has 3 amide bonds. The van der Waals surface area contributed by atoms with Crippen LogP contribution in [0.1, 0.15) is 56.9 Å². The van der Waals surface area contributed by atoms with Crippen LogP contribution in [-0.2, 0) is 10.3 Å². The molecular weight excluding hydrogens is 362 g/mol. The average Bonchev–Trinajstić information content (AvgIpc) is 3.23. The Kier molecular flexibility index (Phi) is 3.62. The van der Waals surface area contributed by atoms with Crippen molar-refractivity contribution in [1.29, 1.82) is 0 Å². The van der Waals surface area contributed by atoms with Gasteiger partial charge in [0, 0.05) is 22.5 Å². The fourth-order valence-electron chi connectivity index (χ4n) is 6.28. The maximum atomic E-state index is 13.5. The molecule has 144 valence electrons. The molecule has 2 heterocycles. The van der Waals surface area contributed by atoms with E-state index in [4.69, 9.17) is 17.3 Å². The van der Waals surface area contributed by atoms with E-state index in [-0.39, 0.29) is 28.4 Å². The van der Waals surface area contributed by atoms with Gasteiger partial charge in [0.2, 0.25) is 5.91 Å². The highest BCUT2D eigenvalue weighted by Gasteiger charge is 2.61. The number of hydrogen-bond donors (Lipinski definition) is 1. The molecule has 5 fully saturated rings. The van der Waals surface area contributed by atoms with Crippen LogP contribution in [0.2, 0.25) is 5.02 Å². The van der Waals surface area contributed by atoms with Crippen LogP contribution in [0.3, 0.4) is 0 Å². The molecule has 0 aromatic heterocycles. The highest BCUT2D eigenvalue weighted by Crippen LogP contribution is 2.57. The fourth-order valence-corrected chi connectivity index (χ4v) is 6.47. The lowest BCUT2D eigenvalue weighted by Gasteiger charge is -2.55. The van der Waals surface area contributed by atoms with E-state index in [0.29, 0.717) is 0 Å². The van der Waals surface area contributed by atoms with Gasteiger partial charge in [0.25, 0.3) is 0 Å². The van der Waals surface area contributed by atoms with Crippen LogP contribution in [0.4, 0.5) is 4.79 Å². The van der Waals surface area contributed by atoms with Gasteiger partial charge < -0.3 is 15.5 Å². The zero-order chi connectivity index (χ0) is 18.9. The highest BCUT2D eigenvalue weighted by molar-refractivity contribution is 6.30. The zero-order valence-corrected chi connectivity index (χ0v) is 16.3. The molecule has 2 aliphatic heterocycles. The van der Waals surface area contributed by atoms with Gasteiger partial charge in [0.15, 0.2) is 0 Å². The normalized spacial score (nSPS) is 37.7. The van der Waals surface area contributed by atoms with Gasteiger partial charge in [-0.15, -0.1) is 0 Å². The van der Waals surface area contributed by atoms with Gasteiger partial charge in [-0.3, -0.25) is 4.79 Å². The van der Waals surface area contributed by atoms with Gasteiger partial charge in [-0.2, -0.15) is 0 Å². The average molecular weight is 388 g/mol. The quantitative estimate of drug-likeness (QED) is 0.860. The molecule has 5 aliphatic rings. The van der Waals surface area contributed by atoms with Gasteiger partial charge in [-0.25, -0.2) is 4.79 Å². The third kappa shape index (κ3) is 2.24. The maximum absolute atomic E-state index is 13.5. The number of carbonyl (C=O) groups is 2. The molecule has 2 N–H and O–H groups in total. The van der Waals surface area contributed by atoms with Gasteiger partial charge >= 0.3 is 6.03 Å². The molecule has 6 heteroatoms. The summed E-state index contributed by atoms with van der Waals surface area (Å²) in [5, 5.41) is 0.722. The lowest BCUT2D eigenvalue weighted by Crippen LogP contribution is -2.60. The first-order valence-electron chi connectivity index (χ1n) is 10.1. The predicted molar refractivity (Wildman–Crippen MR) is 103 cm³/mol. The number of halogens is 1. The lowest BCUT2D eigenvalue weighted by molar-refractivity contribution is -0.137. The van der Waals surface area contributed by atoms with Crippen molar-refractivity contribution in [2.24, 2.45) is 11.1 Å². The molecule has 0 unspecified atom stereocenters. The summed E-state index contributed by atoms with van der Waals surface area (Å²) < 4.78 is 0. The molecule has 6 rings (SSSR count). The van der Waals surface area contributed by atoms with Crippen molar-refractivity contribution in [3.05, 3.63) is 34.9 Å². The first-order valence-corrected chi connectivity index (χ1v) is 10.4. The Hall–Kier alpha value is -1.75. The van der Waals surface area contributed by atoms with Crippen molar-refractivity contribution >= 4 is 23.5 Å². The van der Waals surface area contributed by atoms with E-state index in [1.807, 2.05) is 18.2 Å². The SMILES string of the molecule is NC(=O)C12CCC(N3C[C@@]4(c5cccc(Cl)c5)CCCN4C3=O)(CC1)CC2. The Balaban J connectivity index is 1.48. The minimum Gasteiger partial charge on any atom is -0.369 e. The summed E-state index contributed by atoms with van der Waals surface area (Å²) in [6, 6.07) is 8.17. The largest absolute Gasteiger partial charge is 0.369 e. The van der Waals surface area contributed by atoms with Crippen LogP contribution in [0, 0.1) is 5.41 Å². The van der Waals surface area contributed by atoms with E-state index in [2.05, 4.69) is 15.9 Å². The van der Waals surface area contributed by atoms with Gasteiger partial charge in [-0.05, 0) is 69.1 Å². The van der Waals surface area contributed by atoms with Crippen LogP contribution >= 0.6 is 11.6 Å². The van der Waals surface area contributed by atoms with Crippen molar-refractivity contribution in [1.82, 2.24) is 9.80 Å². The number of hydrogen-bond acceptors (Lipinski definition) is 2. The van der Waals surface area contributed by atoms with Gasteiger partial charge in [-0.1, -0.05) is 23.7 Å². The second-order valence-electron chi connectivity index (χ2n) is 9.03. The smallest absolute Gasteiger partial charge is 0.321 e. The topological polar surface area (TPSA) is 66.6 Å². The molecule has 5 nitrogen and oxygen atoms in total. The zero-order valence-electron chi connectivity index (χ0n) is 15.5. The van der Waals surface area contributed by atoms with Crippen molar-refractivity contribution < 1.29 is 9.59 Å². The molecule has 0 spiro atoms. The second kappa shape index (κ2) is 5.63. The molecule has 2 saturated heterocycles. The fraction of sp³-hybridized carbons (Fsp3) is 0.619. The Morgan fingerprint density at radius 3 is 2.37 bits per heavy atom. The van der Waals surface area contributed by atoms with E-state index >= 15 is 0 Å². The number of benzene rings is 1. The molecule has 3 saturated carbocycles. The van der Waals surface area contributed by atoms with E-state index < -0.39 is 0 Å². The summed E-state index contributed by atoms with van der Waals surface area (Å²) in [5.74, 6) is -0.153. The minimum atomic E-state index is -0.328. The van der Waals surface area contributed by atoms with Gasteiger partial charge in [0.05, 0.1) is 12.1 Å². The van der Waals surface area contributed by atoms with E-state index in [9.17, 15) is 9.59 Å². The summed E-state index contributed by atoms with van der Waals surface area (Å²) in [6.07, 6.45) is 7.13. The number of rotatable bonds is 3. The molecule has 1 aromatic carbocycles. The van der Waals surface area contributed by atoms with E-state index in [1.165, 1.54) is 0 Å². The number of primary amides is 1. The second-order valence-corrected chi connectivity index (χ2v) is 9.47. The Morgan fingerprint density at radius 1 is 1.04 bits per heavy atom. The molecule has 0 radical (unpaired) electrons.